The fraction of sp³-hybridized carbons (Fsp3) is 0.600. The molecule has 0 aliphatic heterocycles. The van der Waals surface area contributed by atoms with Crippen molar-refractivity contribution in [3.63, 3.8) is 0 Å². The van der Waals surface area contributed by atoms with Crippen LogP contribution in [0.4, 0.5) is 17.6 Å². The largest absolute Gasteiger partial charge is 0.300 e. The van der Waals surface area contributed by atoms with Gasteiger partial charge in [0.25, 0.3) is 0 Å². The maximum absolute atomic E-state index is 15.3. The van der Waals surface area contributed by atoms with Crippen molar-refractivity contribution < 1.29 is 30.5 Å². The van der Waals surface area contributed by atoms with Crippen molar-refractivity contribution in [3.05, 3.63) is 52.1 Å². The molecule has 0 unspecified atom stereocenters. The predicted octanol–water partition coefficient (Wildman–Crippen LogP) is 9.78. The average Bonchev–Trinajstić information content (AvgIpc) is 2.95. The van der Waals surface area contributed by atoms with E-state index in [1.54, 1.807) is 0 Å². The summed E-state index contributed by atoms with van der Waals surface area (Å²) in [7, 11) is -5.51. The Hall–Kier alpha value is -1.58. The van der Waals surface area contributed by atoms with Gasteiger partial charge in [-0.05, 0) is 73.0 Å². The molecule has 1 N–H and O–H groups in total. The highest BCUT2D eigenvalue weighted by molar-refractivity contribution is 7.99. The van der Waals surface area contributed by atoms with E-state index in [2.05, 4.69) is 12.1 Å². The third kappa shape index (κ3) is 6.05. The zero-order chi connectivity index (χ0) is 27.7. The fourth-order valence-electron chi connectivity index (χ4n) is 6.93. The predicted molar refractivity (Wildman–Crippen MR) is 144 cm³/mol. The SMILES string of the molecule is O=S(=O)(O)c1c(F)c(F)c(Sc2c(C3CCCCC3)cc(C3CCCCC3)cc2C2CCCCC2)c(F)c1F. The number of halogens is 4. The van der Waals surface area contributed by atoms with E-state index in [1.165, 1.54) is 24.8 Å². The second-order valence-electron chi connectivity index (χ2n) is 11.5. The first-order valence-corrected chi connectivity index (χ1v) is 16.6. The summed E-state index contributed by atoms with van der Waals surface area (Å²) in [6, 6.07) is 4.38. The Bertz CT molecular complexity index is 1240. The highest BCUT2D eigenvalue weighted by Crippen LogP contribution is 2.50. The molecular formula is C30H36F4O3S2. The molecule has 3 saturated carbocycles. The standard InChI is InChI=1S/C30H36F4O3S2/c31-24-26(33)30(39(35,36)37)27(34)25(32)29(24)38-28-22(19-12-6-2-7-13-19)16-21(18-10-4-1-5-11-18)17-23(28)20-14-8-3-9-15-20/h16-20H,1-15H2,(H,35,36,37). The molecule has 0 saturated heterocycles. The van der Waals surface area contributed by atoms with Crippen LogP contribution < -0.4 is 0 Å². The molecule has 3 fully saturated rings. The Morgan fingerprint density at radius 1 is 0.590 bits per heavy atom. The van der Waals surface area contributed by atoms with Crippen molar-refractivity contribution in [2.24, 2.45) is 0 Å². The topological polar surface area (TPSA) is 54.4 Å². The van der Waals surface area contributed by atoms with Gasteiger partial charge in [-0.2, -0.15) is 8.42 Å². The lowest BCUT2D eigenvalue weighted by atomic mass is 9.76. The average molecular weight is 585 g/mol. The molecule has 0 atom stereocenters. The van der Waals surface area contributed by atoms with E-state index in [9.17, 15) is 21.8 Å². The molecule has 3 aliphatic rings. The van der Waals surface area contributed by atoms with Crippen LogP contribution in [0.3, 0.4) is 0 Å². The molecule has 0 spiro atoms. The van der Waals surface area contributed by atoms with Crippen molar-refractivity contribution in [1.82, 2.24) is 0 Å². The van der Waals surface area contributed by atoms with Gasteiger partial charge < -0.3 is 0 Å². The van der Waals surface area contributed by atoms with Crippen LogP contribution in [0.25, 0.3) is 0 Å². The van der Waals surface area contributed by atoms with Gasteiger partial charge in [-0.15, -0.1) is 0 Å². The highest BCUT2D eigenvalue weighted by atomic mass is 32.2. The van der Waals surface area contributed by atoms with Crippen LogP contribution in [0.15, 0.2) is 26.8 Å². The molecule has 0 bridgehead atoms. The second-order valence-corrected chi connectivity index (χ2v) is 13.9. The summed E-state index contributed by atoms with van der Waals surface area (Å²) in [4.78, 5) is -2.24. The van der Waals surface area contributed by atoms with Gasteiger partial charge in [-0.25, -0.2) is 17.6 Å². The Balaban J connectivity index is 1.69. The molecule has 3 aliphatic carbocycles. The molecule has 214 valence electrons. The molecule has 5 rings (SSSR count). The summed E-state index contributed by atoms with van der Waals surface area (Å²) in [5, 5.41) is 0. The first-order valence-electron chi connectivity index (χ1n) is 14.4. The number of benzene rings is 2. The van der Waals surface area contributed by atoms with Gasteiger partial charge in [0.15, 0.2) is 28.2 Å². The van der Waals surface area contributed by atoms with Gasteiger partial charge in [-0.1, -0.05) is 81.7 Å². The summed E-state index contributed by atoms with van der Waals surface area (Å²) in [6.07, 6.45) is 16.0. The second kappa shape index (κ2) is 12.1. The van der Waals surface area contributed by atoms with Gasteiger partial charge in [0, 0.05) is 4.90 Å². The lowest BCUT2D eigenvalue weighted by molar-refractivity contribution is 0.384. The van der Waals surface area contributed by atoms with Crippen LogP contribution in [0.2, 0.25) is 0 Å². The van der Waals surface area contributed by atoms with Gasteiger partial charge in [0.1, 0.15) is 0 Å². The van der Waals surface area contributed by atoms with Crippen molar-refractivity contribution in [1.29, 1.82) is 0 Å². The van der Waals surface area contributed by atoms with E-state index >= 15 is 8.78 Å². The van der Waals surface area contributed by atoms with E-state index in [1.807, 2.05) is 0 Å². The van der Waals surface area contributed by atoms with E-state index in [4.69, 9.17) is 0 Å². The van der Waals surface area contributed by atoms with E-state index in [-0.39, 0.29) is 11.8 Å². The number of rotatable bonds is 6. The molecule has 0 aromatic heterocycles. The Kier molecular flexibility index (Phi) is 8.98. The van der Waals surface area contributed by atoms with E-state index in [0.29, 0.717) is 22.6 Å². The monoisotopic (exact) mass is 584 g/mol. The van der Waals surface area contributed by atoms with E-state index in [0.717, 1.165) is 88.2 Å². The number of hydrogen-bond acceptors (Lipinski definition) is 3. The molecule has 39 heavy (non-hydrogen) atoms. The minimum absolute atomic E-state index is 0.185. The quantitative estimate of drug-likeness (QED) is 0.209. The summed E-state index contributed by atoms with van der Waals surface area (Å²) in [5.74, 6) is -7.00. The fourth-order valence-corrected chi connectivity index (χ4v) is 8.81. The molecule has 2 aromatic carbocycles. The van der Waals surface area contributed by atoms with E-state index < -0.39 is 43.2 Å². The summed E-state index contributed by atoms with van der Waals surface area (Å²) in [6.45, 7) is 0. The third-order valence-electron chi connectivity index (χ3n) is 8.98. The van der Waals surface area contributed by atoms with Crippen molar-refractivity contribution in [2.75, 3.05) is 0 Å². The van der Waals surface area contributed by atoms with Crippen molar-refractivity contribution in [3.8, 4) is 0 Å². The van der Waals surface area contributed by atoms with Gasteiger partial charge in [0.05, 0.1) is 4.90 Å². The minimum atomic E-state index is -5.51. The van der Waals surface area contributed by atoms with Crippen molar-refractivity contribution >= 4 is 21.9 Å². The zero-order valence-electron chi connectivity index (χ0n) is 22.1. The molecule has 9 heteroatoms. The summed E-state index contributed by atoms with van der Waals surface area (Å²) in [5.41, 5.74) is 3.27. The number of hydrogen-bond donors (Lipinski definition) is 1. The van der Waals surface area contributed by atoms with Crippen LogP contribution in [0.5, 0.6) is 0 Å². The zero-order valence-corrected chi connectivity index (χ0v) is 23.7. The molecule has 3 nitrogen and oxygen atoms in total. The normalized spacial score (nSPS) is 20.4. The smallest absolute Gasteiger partial charge is 0.282 e. The lowest BCUT2D eigenvalue weighted by Gasteiger charge is -2.32. The van der Waals surface area contributed by atoms with Gasteiger partial charge in [0.2, 0.25) is 0 Å². The molecule has 0 amide bonds. The molecular weight excluding hydrogens is 548 g/mol. The third-order valence-corrected chi connectivity index (χ3v) is 11.1. The van der Waals surface area contributed by atoms with Crippen LogP contribution in [-0.4, -0.2) is 13.0 Å². The molecule has 0 radical (unpaired) electrons. The summed E-state index contributed by atoms with van der Waals surface area (Å²) >= 11 is 0.678. The van der Waals surface area contributed by atoms with Gasteiger partial charge in [-0.3, -0.25) is 4.55 Å². The van der Waals surface area contributed by atoms with Gasteiger partial charge >= 0.3 is 10.1 Å². The lowest BCUT2D eigenvalue weighted by Crippen LogP contribution is -2.15. The minimum Gasteiger partial charge on any atom is -0.282 e. The molecule has 2 aromatic rings. The van der Waals surface area contributed by atoms with Crippen molar-refractivity contribution in [2.45, 2.75) is 129 Å². The Labute approximate surface area is 232 Å². The maximum Gasteiger partial charge on any atom is 0.300 e. The first kappa shape index (κ1) is 28.9. The molecule has 0 heterocycles. The highest BCUT2D eigenvalue weighted by Gasteiger charge is 2.35. The van der Waals surface area contributed by atoms with Crippen LogP contribution in [-0.2, 0) is 10.1 Å². The Morgan fingerprint density at radius 3 is 1.36 bits per heavy atom. The summed E-state index contributed by atoms with van der Waals surface area (Å²) < 4.78 is 92.3. The maximum atomic E-state index is 15.3. The Morgan fingerprint density at radius 2 is 0.974 bits per heavy atom. The first-order chi connectivity index (χ1) is 18.7. The van der Waals surface area contributed by atoms with Crippen LogP contribution in [0.1, 0.15) is 131 Å². The van der Waals surface area contributed by atoms with Crippen LogP contribution >= 0.6 is 11.8 Å². The van der Waals surface area contributed by atoms with Crippen LogP contribution in [0, 0.1) is 23.3 Å².